The molecule has 2 heterocycles. The lowest BCUT2D eigenvalue weighted by Crippen LogP contribution is -2.41. The topological polar surface area (TPSA) is 64.2 Å². The lowest BCUT2D eigenvalue weighted by molar-refractivity contribution is 0.0672. The molecule has 1 aliphatic heterocycles. The van der Waals surface area contributed by atoms with E-state index in [1.54, 1.807) is 6.07 Å². The van der Waals surface area contributed by atoms with Crippen LogP contribution in [0.2, 0.25) is 0 Å². The van der Waals surface area contributed by atoms with E-state index in [1.165, 1.54) is 0 Å². The summed E-state index contributed by atoms with van der Waals surface area (Å²) in [5.41, 5.74) is 9.28. The number of amides is 1. The van der Waals surface area contributed by atoms with Gasteiger partial charge in [0.05, 0.1) is 12.2 Å². The van der Waals surface area contributed by atoms with Crippen molar-refractivity contribution in [1.82, 2.24) is 14.7 Å². The summed E-state index contributed by atoms with van der Waals surface area (Å²) < 4.78 is 1.99. The molecule has 3 rings (SSSR count). The molecule has 0 bridgehead atoms. The predicted octanol–water partition coefficient (Wildman–Crippen LogP) is 3.40. The summed E-state index contributed by atoms with van der Waals surface area (Å²) in [6.07, 6.45) is 5.96. The monoisotopic (exact) mass is 370 g/mol. The molecule has 132 valence electrons. The summed E-state index contributed by atoms with van der Waals surface area (Å²) in [5.74, 6) is 0.0679. The van der Waals surface area contributed by atoms with E-state index in [1.807, 2.05) is 48.0 Å². The Balaban J connectivity index is 0.00000144. The molecular formula is C17H24Cl2N4O. The van der Waals surface area contributed by atoms with Crippen molar-refractivity contribution in [1.29, 1.82) is 0 Å². The van der Waals surface area contributed by atoms with Crippen LogP contribution >= 0.6 is 24.8 Å². The van der Waals surface area contributed by atoms with Gasteiger partial charge in [0.25, 0.3) is 5.91 Å². The van der Waals surface area contributed by atoms with E-state index in [-0.39, 0.29) is 36.8 Å². The van der Waals surface area contributed by atoms with Crippen molar-refractivity contribution < 1.29 is 4.79 Å². The first-order valence-electron chi connectivity index (χ1n) is 7.71. The number of hydrogen-bond acceptors (Lipinski definition) is 3. The standard InChI is InChI=1S/C17H22N4O.2ClH/c1-12-9-19-21(10-12)15-4-3-7-20(11-15)17(22)16-8-14(18)6-5-13(16)2;;/h5-6,8-10,15H,3-4,7,11,18H2,1-2H3;2*1H. The Bertz CT molecular complexity index is 702. The van der Waals surface area contributed by atoms with Crippen molar-refractivity contribution in [2.45, 2.75) is 32.7 Å². The zero-order chi connectivity index (χ0) is 15.7. The highest BCUT2D eigenvalue weighted by atomic mass is 35.5. The zero-order valence-electron chi connectivity index (χ0n) is 13.9. The highest BCUT2D eigenvalue weighted by Crippen LogP contribution is 2.24. The van der Waals surface area contributed by atoms with E-state index in [9.17, 15) is 4.79 Å². The molecular weight excluding hydrogens is 347 g/mol. The van der Waals surface area contributed by atoms with Gasteiger partial charge in [-0.2, -0.15) is 5.10 Å². The molecule has 2 N–H and O–H groups in total. The number of carbonyl (C=O) groups excluding carboxylic acids is 1. The van der Waals surface area contributed by atoms with Gasteiger partial charge in [0.15, 0.2) is 0 Å². The van der Waals surface area contributed by atoms with Crippen molar-refractivity contribution in [3.05, 3.63) is 47.3 Å². The lowest BCUT2D eigenvalue weighted by Gasteiger charge is -2.33. The predicted molar refractivity (Wildman–Crippen MR) is 101 cm³/mol. The molecule has 1 aromatic heterocycles. The van der Waals surface area contributed by atoms with Crippen LogP contribution in [-0.2, 0) is 0 Å². The third kappa shape index (κ3) is 4.22. The number of nitrogens with zero attached hydrogens (tertiary/aromatic N) is 3. The van der Waals surface area contributed by atoms with Crippen LogP contribution in [0.3, 0.4) is 0 Å². The number of nitrogen functional groups attached to an aromatic ring is 1. The largest absolute Gasteiger partial charge is 0.399 e. The van der Waals surface area contributed by atoms with E-state index in [4.69, 9.17) is 5.73 Å². The number of benzene rings is 1. The molecule has 1 unspecified atom stereocenters. The highest BCUT2D eigenvalue weighted by Gasteiger charge is 2.26. The first kappa shape index (κ1) is 20.3. The van der Waals surface area contributed by atoms with Crippen LogP contribution in [0.5, 0.6) is 0 Å². The van der Waals surface area contributed by atoms with Crippen LogP contribution in [0, 0.1) is 13.8 Å². The van der Waals surface area contributed by atoms with Crippen molar-refractivity contribution >= 4 is 36.4 Å². The number of nitrogens with two attached hydrogens (primary N) is 1. The van der Waals surface area contributed by atoms with Gasteiger partial charge in [-0.05, 0) is 49.9 Å². The smallest absolute Gasteiger partial charge is 0.254 e. The van der Waals surface area contributed by atoms with Crippen LogP contribution in [-0.4, -0.2) is 33.7 Å². The zero-order valence-corrected chi connectivity index (χ0v) is 15.6. The number of aryl methyl sites for hydroxylation is 2. The quantitative estimate of drug-likeness (QED) is 0.823. The molecule has 1 aromatic carbocycles. The maximum atomic E-state index is 12.8. The van der Waals surface area contributed by atoms with Gasteiger partial charge in [-0.25, -0.2) is 0 Å². The van der Waals surface area contributed by atoms with Crippen LogP contribution in [0.15, 0.2) is 30.6 Å². The number of piperidine rings is 1. The first-order valence-corrected chi connectivity index (χ1v) is 7.71. The second-order valence-corrected chi connectivity index (χ2v) is 6.12. The fourth-order valence-electron chi connectivity index (χ4n) is 3.03. The maximum Gasteiger partial charge on any atom is 0.254 e. The molecule has 1 aliphatic rings. The van der Waals surface area contributed by atoms with E-state index in [0.29, 0.717) is 17.8 Å². The highest BCUT2D eigenvalue weighted by molar-refractivity contribution is 5.96. The molecule has 1 saturated heterocycles. The number of aromatic nitrogens is 2. The summed E-state index contributed by atoms with van der Waals surface area (Å²) >= 11 is 0. The minimum absolute atomic E-state index is 0. The molecule has 2 aromatic rings. The summed E-state index contributed by atoms with van der Waals surface area (Å²) in [5, 5.41) is 4.40. The van der Waals surface area contributed by atoms with Crippen LogP contribution in [0.4, 0.5) is 5.69 Å². The third-order valence-electron chi connectivity index (χ3n) is 4.28. The maximum absolute atomic E-state index is 12.8. The van der Waals surface area contributed by atoms with Gasteiger partial charge < -0.3 is 10.6 Å². The Morgan fingerprint density at radius 2 is 2.04 bits per heavy atom. The van der Waals surface area contributed by atoms with E-state index in [0.717, 1.165) is 30.5 Å². The van der Waals surface area contributed by atoms with Crippen molar-refractivity contribution in [2.75, 3.05) is 18.8 Å². The number of halogens is 2. The van der Waals surface area contributed by atoms with E-state index in [2.05, 4.69) is 5.10 Å². The van der Waals surface area contributed by atoms with Gasteiger partial charge in [-0.3, -0.25) is 9.48 Å². The Labute approximate surface area is 155 Å². The SMILES string of the molecule is Cc1cnn(C2CCCN(C(=O)c3cc(N)ccc3C)C2)c1.Cl.Cl. The number of hydrogen-bond donors (Lipinski definition) is 1. The minimum atomic E-state index is 0. The van der Waals surface area contributed by atoms with Gasteiger partial charge >= 0.3 is 0 Å². The minimum Gasteiger partial charge on any atom is -0.399 e. The Hall–Kier alpha value is -1.72. The number of likely N-dealkylation sites (tertiary alicyclic amines) is 1. The average Bonchev–Trinajstić information content (AvgIpc) is 2.96. The van der Waals surface area contributed by atoms with Gasteiger partial charge in [0, 0.05) is 30.5 Å². The second-order valence-electron chi connectivity index (χ2n) is 6.12. The van der Waals surface area contributed by atoms with Crippen LogP contribution in [0.25, 0.3) is 0 Å². The molecule has 1 amide bonds. The van der Waals surface area contributed by atoms with Gasteiger partial charge in [-0.1, -0.05) is 6.07 Å². The Morgan fingerprint density at radius 3 is 2.71 bits per heavy atom. The number of anilines is 1. The molecule has 0 aliphatic carbocycles. The van der Waals surface area contributed by atoms with Crippen LogP contribution in [0.1, 0.15) is 40.4 Å². The van der Waals surface area contributed by atoms with Crippen molar-refractivity contribution in [3.63, 3.8) is 0 Å². The molecule has 5 nitrogen and oxygen atoms in total. The number of carbonyl (C=O) groups is 1. The molecule has 0 radical (unpaired) electrons. The van der Waals surface area contributed by atoms with Gasteiger partial charge in [-0.15, -0.1) is 24.8 Å². The van der Waals surface area contributed by atoms with Crippen molar-refractivity contribution in [2.24, 2.45) is 0 Å². The molecule has 7 heteroatoms. The molecule has 0 saturated carbocycles. The molecule has 0 spiro atoms. The number of rotatable bonds is 2. The van der Waals surface area contributed by atoms with E-state index < -0.39 is 0 Å². The Kier molecular flexibility index (Phi) is 7.11. The summed E-state index contributed by atoms with van der Waals surface area (Å²) in [7, 11) is 0. The summed E-state index contributed by atoms with van der Waals surface area (Å²) in [6, 6.07) is 5.77. The molecule has 24 heavy (non-hydrogen) atoms. The van der Waals surface area contributed by atoms with E-state index >= 15 is 0 Å². The van der Waals surface area contributed by atoms with Gasteiger partial charge in [0.2, 0.25) is 0 Å². The normalized spacial score (nSPS) is 16.9. The first-order chi connectivity index (χ1) is 10.5. The molecule has 1 atom stereocenters. The fraction of sp³-hybridized carbons (Fsp3) is 0.412. The Morgan fingerprint density at radius 1 is 1.29 bits per heavy atom. The average molecular weight is 371 g/mol. The lowest BCUT2D eigenvalue weighted by atomic mass is 10.0. The van der Waals surface area contributed by atoms with Crippen molar-refractivity contribution in [3.8, 4) is 0 Å². The van der Waals surface area contributed by atoms with Gasteiger partial charge in [0.1, 0.15) is 0 Å². The summed E-state index contributed by atoms with van der Waals surface area (Å²) in [6.45, 7) is 5.48. The third-order valence-corrected chi connectivity index (χ3v) is 4.28. The molecule has 1 fully saturated rings. The van der Waals surface area contributed by atoms with Crippen LogP contribution < -0.4 is 5.73 Å². The second kappa shape index (κ2) is 8.40. The summed E-state index contributed by atoms with van der Waals surface area (Å²) in [4.78, 5) is 14.7. The fourth-order valence-corrected chi connectivity index (χ4v) is 3.03.